The highest BCUT2D eigenvalue weighted by Crippen LogP contribution is 2.25. The van der Waals surface area contributed by atoms with E-state index in [1.807, 2.05) is 0 Å². The summed E-state index contributed by atoms with van der Waals surface area (Å²) in [6, 6.07) is 0.338. The first-order valence-corrected chi connectivity index (χ1v) is 5.81. The third-order valence-electron chi connectivity index (χ3n) is 3.26. The van der Waals surface area contributed by atoms with E-state index in [9.17, 15) is 4.79 Å². The van der Waals surface area contributed by atoms with Gasteiger partial charge in [-0.2, -0.15) is 0 Å². The molecule has 2 atom stereocenters. The molecule has 2 heterocycles. The summed E-state index contributed by atoms with van der Waals surface area (Å²) in [4.78, 5) is 12.2. The number of carbonyl (C=O) groups excluding carboxylic acids is 1. The number of nitrogens with zero attached hydrogens (tertiary/aromatic N) is 1. The zero-order valence-corrected chi connectivity index (χ0v) is 9.84. The first kappa shape index (κ1) is 10.9. The molecule has 0 bridgehead atoms. The summed E-state index contributed by atoms with van der Waals surface area (Å²) in [7, 11) is 0. The van der Waals surface area contributed by atoms with Gasteiger partial charge in [0.2, 0.25) is 5.91 Å². The van der Waals surface area contributed by atoms with Gasteiger partial charge < -0.3 is 5.32 Å². The van der Waals surface area contributed by atoms with Gasteiger partial charge in [0.15, 0.2) is 0 Å². The molecule has 2 unspecified atom stereocenters. The van der Waals surface area contributed by atoms with Crippen molar-refractivity contribution in [2.75, 3.05) is 13.1 Å². The average molecular weight is 211 g/mol. The van der Waals surface area contributed by atoms with Crippen LogP contribution in [0.15, 0.2) is 0 Å². The minimum atomic E-state index is -0.125. The summed E-state index contributed by atoms with van der Waals surface area (Å²) in [5, 5.41) is 5.22. The van der Waals surface area contributed by atoms with Crippen molar-refractivity contribution in [3.63, 3.8) is 0 Å². The van der Waals surface area contributed by atoms with E-state index in [4.69, 9.17) is 0 Å². The fourth-order valence-electron chi connectivity index (χ4n) is 2.46. The molecule has 2 fully saturated rings. The molecule has 2 N–H and O–H groups in total. The monoisotopic (exact) mass is 211 g/mol. The van der Waals surface area contributed by atoms with Crippen molar-refractivity contribution in [2.45, 2.75) is 45.2 Å². The molecule has 2 rings (SSSR count). The van der Waals surface area contributed by atoms with Crippen LogP contribution >= 0.6 is 0 Å². The molecule has 0 saturated carbocycles. The Labute approximate surface area is 91.4 Å². The minimum Gasteiger partial charge on any atom is -0.312 e. The molecule has 0 spiro atoms. The normalized spacial score (nSPS) is 32.7. The Morgan fingerprint density at radius 3 is 2.80 bits per heavy atom. The number of fused-ring (bicyclic) bond motifs is 1. The number of piperidine rings is 1. The Balaban J connectivity index is 2.11. The molecule has 0 radical (unpaired) electrons. The van der Waals surface area contributed by atoms with Gasteiger partial charge in [0.25, 0.3) is 0 Å². The second kappa shape index (κ2) is 3.76. The van der Waals surface area contributed by atoms with Gasteiger partial charge in [-0.25, -0.2) is 5.43 Å². The Kier molecular flexibility index (Phi) is 2.73. The third-order valence-corrected chi connectivity index (χ3v) is 3.26. The maximum absolute atomic E-state index is 12.2. The van der Waals surface area contributed by atoms with Gasteiger partial charge in [-0.15, -0.1) is 0 Å². The van der Waals surface area contributed by atoms with Crippen molar-refractivity contribution >= 4 is 5.91 Å². The van der Waals surface area contributed by atoms with Crippen molar-refractivity contribution in [3.8, 4) is 0 Å². The summed E-state index contributed by atoms with van der Waals surface area (Å²) < 4.78 is 0. The predicted molar refractivity (Wildman–Crippen MR) is 59.1 cm³/mol. The Hall–Kier alpha value is -0.610. The van der Waals surface area contributed by atoms with Gasteiger partial charge in [-0.3, -0.25) is 9.80 Å². The Morgan fingerprint density at radius 1 is 1.40 bits per heavy atom. The van der Waals surface area contributed by atoms with Crippen LogP contribution in [0, 0.1) is 5.92 Å². The van der Waals surface area contributed by atoms with Crippen molar-refractivity contribution in [1.82, 2.24) is 15.8 Å². The summed E-state index contributed by atoms with van der Waals surface area (Å²) >= 11 is 0. The van der Waals surface area contributed by atoms with Crippen molar-refractivity contribution in [1.29, 1.82) is 0 Å². The molecule has 0 aromatic heterocycles. The zero-order valence-electron chi connectivity index (χ0n) is 9.84. The van der Waals surface area contributed by atoms with E-state index in [-0.39, 0.29) is 17.4 Å². The third kappa shape index (κ3) is 2.01. The molecule has 0 aliphatic carbocycles. The second-order valence-electron chi connectivity index (χ2n) is 5.52. The van der Waals surface area contributed by atoms with Crippen LogP contribution in [0.4, 0.5) is 0 Å². The van der Waals surface area contributed by atoms with E-state index in [0.717, 1.165) is 25.9 Å². The number of rotatable bonds is 0. The number of hydrogen-bond acceptors (Lipinski definition) is 3. The summed E-state index contributed by atoms with van der Waals surface area (Å²) in [6.45, 7) is 8.11. The van der Waals surface area contributed by atoms with Crippen LogP contribution < -0.4 is 10.7 Å². The lowest BCUT2D eigenvalue weighted by atomic mass is 9.87. The molecule has 2 aliphatic rings. The molecule has 0 aromatic rings. The molecular weight excluding hydrogens is 190 g/mol. The Morgan fingerprint density at radius 2 is 2.13 bits per heavy atom. The SMILES string of the molecule is CC(C)(C)N1NCC2NCCCC2C1=O. The van der Waals surface area contributed by atoms with Gasteiger partial charge in [0.1, 0.15) is 0 Å². The van der Waals surface area contributed by atoms with Crippen LogP contribution in [0.2, 0.25) is 0 Å². The number of carbonyl (C=O) groups is 1. The molecule has 15 heavy (non-hydrogen) atoms. The van der Waals surface area contributed by atoms with E-state index < -0.39 is 0 Å². The van der Waals surface area contributed by atoms with Crippen LogP contribution in [0.25, 0.3) is 0 Å². The second-order valence-corrected chi connectivity index (χ2v) is 5.52. The summed E-state index contributed by atoms with van der Waals surface area (Å²) in [6.07, 6.45) is 2.15. The smallest absolute Gasteiger partial charge is 0.241 e. The number of amides is 1. The van der Waals surface area contributed by atoms with E-state index in [2.05, 4.69) is 31.5 Å². The molecule has 2 aliphatic heterocycles. The number of nitrogens with one attached hydrogen (secondary N) is 2. The van der Waals surface area contributed by atoms with E-state index in [1.165, 1.54) is 0 Å². The first-order valence-electron chi connectivity index (χ1n) is 5.81. The van der Waals surface area contributed by atoms with Crippen LogP contribution in [0.1, 0.15) is 33.6 Å². The quantitative estimate of drug-likeness (QED) is 0.613. The van der Waals surface area contributed by atoms with Crippen LogP contribution in [-0.4, -0.2) is 35.6 Å². The van der Waals surface area contributed by atoms with E-state index >= 15 is 0 Å². The van der Waals surface area contributed by atoms with E-state index in [1.54, 1.807) is 5.01 Å². The van der Waals surface area contributed by atoms with Crippen LogP contribution in [-0.2, 0) is 4.79 Å². The van der Waals surface area contributed by atoms with Gasteiger partial charge in [0.05, 0.1) is 11.5 Å². The molecule has 4 heteroatoms. The van der Waals surface area contributed by atoms with Gasteiger partial charge in [-0.05, 0) is 40.2 Å². The molecule has 86 valence electrons. The summed E-state index contributed by atoms with van der Waals surface area (Å²) in [5.74, 6) is 0.435. The van der Waals surface area contributed by atoms with E-state index in [0.29, 0.717) is 6.04 Å². The minimum absolute atomic E-state index is 0.125. The highest BCUT2D eigenvalue weighted by atomic mass is 16.2. The highest BCUT2D eigenvalue weighted by molar-refractivity contribution is 5.80. The van der Waals surface area contributed by atoms with Crippen LogP contribution in [0.5, 0.6) is 0 Å². The summed E-state index contributed by atoms with van der Waals surface area (Å²) in [5.41, 5.74) is 3.10. The first-order chi connectivity index (χ1) is 7.00. The van der Waals surface area contributed by atoms with Gasteiger partial charge >= 0.3 is 0 Å². The van der Waals surface area contributed by atoms with Crippen molar-refractivity contribution < 1.29 is 4.79 Å². The van der Waals surface area contributed by atoms with Gasteiger partial charge in [-0.1, -0.05) is 0 Å². The van der Waals surface area contributed by atoms with Crippen LogP contribution in [0.3, 0.4) is 0 Å². The number of hydrogen-bond donors (Lipinski definition) is 2. The van der Waals surface area contributed by atoms with Crippen molar-refractivity contribution in [2.24, 2.45) is 5.92 Å². The molecule has 2 saturated heterocycles. The molecule has 0 aromatic carbocycles. The highest BCUT2D eigenvalue weighted by Gasteiger charge is 2.41. The maximum atomic E-state index is 12.2. The molecule has 4 nitrogen and oxygen atoms in total. The predicted octanol–water partition coefficient (Wildman–Crippen LogP) is 0.500. The van der Waals surface area contributed by atoms with Gasteiger partial charge in [0, 0.05) is 12.6 Å². The average Bonchev–Trinajstić information content (AvgIpc) is 2.16. The zero-order chi connectivity index (χ0) is 11.1. The lowest BCUT2D eigenvalue weighted by Gasteiger charge is -2.46. The standard InChI is InChI=1S/C11H21N3O/c1-11(2,3)14-10(15)8-5-4-6-12-9(8)7-13-14/h8-9,12-13H,4-7H2,1-3H3. The fourth-order valence-corrected chi connectivity index (χ4v) is 2.46. The number of hydrazine groups is 1. The topological polar surface area (TPSA) is 44.4 Å². The van der Waals surface area contributed by atoms with Crippen molar-refractivity contribution in [3.05, 3.63) is 0 Å². The molecular formula is C11H21N3O. The lowest BCUT2D eigenvalue weighted by Crippen LogP contribution is -2.67. The Bertz CT molecular complexity index is 259. The maximum Gasteiger partial charge on any atom is 0.241 e. The fraction of sp³-hybridized carbons (Fsp3) is 0.909. The largest absolute Gasteiger partial charge is 0.312 e. The molecule has 1 amide bonds. The lowest BCUT2D eigenvalue weighted by molar-refractivity contribution is -0.152.